The number of hydrogen-bond donors (Lipinski definition) is 1. The van der Waals surface area contributed by atoms with Gasteiger partial charge in [-0.2, -0.15) is 0 Å². The van der Waals surface area contributed by atoms with Crippen LogP contribution in [0.2, 0.25) is 0 Å². The van der Waals surface area contributed by atoms with E-state index in [1.54, 1.807) is 24.4 Å². The summed E-state index contributed by atoms with van der Waals surface area (Å²) in [6.45, 7) is 0. The van der Waals surface area contributed by atoms with Gasteiger partial charge in [-0.1, -0.05) is 6.07 Å². The molecular formula is C13H7Br2FN4. The third-order valence-corrected chi connectivity index (χ3v) is 3.90. The third kappa shape index (κ3) is 2.27. The average molecular weight is 398 g/mol. The first-order chi connectivity index (χ1) is 9.56. The van der Waals surface area contributed by atoms with Crippen molar-refractivity contribution >= 4 is 48.6 Å². The predicted octanol–water partition coefficient (Wildman–Crippen LogP) is 3.94. The van der Waals surface area contributed by atoms with E-state index >= 15 is 0 Å². The average Bonchev–Trinajstić information content (AvgIpc) is 2.43. The summed E-state index contributed by atoms with van der Waals surface area (Å²) in [5.74, 6) is -0.164. The molecule has 0 aliphatic carbocycles. The van der Waals surface area contributed by atoms with Crippen LogP contribution in [0.5, 0.6) is 0 Å². The smallest absolute Gasteiger partial charge is 0.157 e. The van der Waals surface area contributed by atoms with E-state index in [-0.39, 0.29) is 5.82 Å². The number of nitrogen functional groups attached to an aromatic ring is 1. The third-order valence-electron chi connectivity index (χ3n) is 2.77. The lowest BCUT2D eigenvalue weighted by Gasteiger charge is -2.07. The van der Waals surface area contributed by atoms with Crippen molar-refractivity contribution in [3.05, 3.63) is 45.5 Å². The van der Waals surface area contributed by atoms with Crippen LogP contribution in [-0.2, 0) is 0 Å². The molecule has 2 aromatic heterocycles. The van der Waals surface area contributed by atoms with Crippen LogP contribution in [0.4, 0.5) is 10.2 Å². The fourth-order valence-corrected chi connectivity index (χ4v) is 2.88. The lowest BCUT2D eigenvalue weighted by atomic mass is 10.1. The maximum Gasteiger partial charge on any atom is 0.157 e. The fourth-order valence-electron chi connectivity index (χ4n) is 1.88. The van der Waals surface area contributed by atoms with Crippen molar-refractivity contribution in [1.29, 1.82) is 0 Å². The molecule has 1 aromatic carbocycles. The van der Waals surface area contributed by atoms with Gasteiger partial charge in [0.1, 0.15) is 26.2 Å². The number of halogens is 3. The first-order valence-electron chi connectivity index (χ1n) is 5.59. The monoisotopic (exact) mass is 396 g/mol. The highest BCUT2D eigenvalue weighted by atomic mass is 79.9. The molecule has 100 valence electrons. The Balaban J connectivity index is 2.27. The molecule has 0 fully saturated rings. The predicted molar refractivity (Wildman–Crippen MR) is 82.5 cm³/mol. The number of hydrogen-bond acceptors (Lipinski definition) is 4. The molecule has 7 heteroatoms. The molecule has 20 heavy (non-hydrogen) atoms. The Hall–Kier alpha value is -1.60. The van der Waals surface area contributed by atoms with E-state index in [0.717, 1.165) is 0 Å². The van der Waals surface area contributed by atoms with E-state index in [4.69, 9.17) is 5.73 Å². The number of nitrogens with two attached hydrogens (primary N) is 1. The van der Waals surface area contributed by atoms with E-state index < -0.39 is 5.82 Å². The van der Waals surface area contributed by atoms with Crippen molar-refractivity contribution in [1.82, 2.24) is 15.0 Å². The Morgan fingerprint density at radius 2 is 1.90 bits per heavy atom. The maximum atomic E-state index is 14.1. The fraction of sp³-hybridized carbons (Fsp3) is 0. The molecule has 3 aromatic rings. The van der Waals surface area contributed by atoms with Gasteiger partial charge in [-0.25, -0.2) is 14.4 Å². The highest BCUT2D eigenvalue weighted by Gasteiger charge is 2.13. The van der Waals surface area contributed by atoms with Gasteiger partial charge in [-0.05, 0) is 50.1 Å². The van der Waals surface area contributed by atoms with Gasteiger partial charge in [0.2, 0.25) is 0 Å². The molecule has 4 nitrogen and oxygen atoms in total. The van der Waals surface area contributed by atoms with Gasteiger partial charge in [0.05, 0.1) is 0 Å². The van der Waals surface area contributed by atoms with Crippen molar-refractivity contribution in [3.63, 3.8) is 0 Å². The highest BCUT2D eigenvalue weighted by molar-refractivity contribution is 9.11. The zero-order chi connectivity index (χ0) is 14.3. The highest BCUT2D eigenvalue weighted by Crippen LogP contribution is 2.31. The minimum absolute atomic E-state index is 0.245. The molecule has 0 unspecified atom stereocenters. The molecule has 0 aliphatic rings. The number of anilines is 1. The SMILES string of the molecule is Nc1nc(-c2cc(F)c3ncccc3c2)c(Br)nc1Br. The standard InChI is InChI=1S/C13H7Br2FN4/c14-11-10(19-13(17)12(15)20-11)7-4-6-2-1-3-18-9(6)8(16)5-7/h1-5H,(H2,17,19). The quantitative estimate of drug-likeness (QED) is 0.675. The van der Waals surface area contributed by atoms with Crippen molar-refractivity contribution < 1.29 is 4.39 Å². The Morgan fingerprint density at radius 1 is 1.10 bits per heavy atom. The second kappa shape index (κ2) is 5.06. The molecular weight excluding hydrogens is 391 g/mol. The van der Waals surface area contributed by atoms with Crippen molar-refractivity contribution in [3.8, 4) is 11.3 Å². The van der Waals surface area contributed by atoms with E-state index in [1.165, 1.54) is 6.07 Å². The largest absolute Gasteiger partial charge is 0.381 e. The van der Waals surface area contributed by atoms with Crippen LogP contribution in [0.15, 0.2) is 39.7 Å². The molecule has 0 radical (unpaired) electrons. The Kier molecular flexibility index (Phi) is 3.39. The topological polar surface area (TPSA) is 64.7 Å². The number of aromatic nitrogens is 3. The first kappa shape index (κ1) is 13.4. The van der Waals surface area contributed by atoms with E-state index in [2.05, 4.69) is 46.8 Å². The Labute approximate surface area is 130 Å². The summed E-state index contributed by atoms with van der Waals surface area (Å²) in [4.78, 5) is 12.4. The zero-order valence-electron chi connectivity index (χ0n) is 9.94. The van der Waals surface area contributed by atoms with Gasteiger partial charge in [0.25, 0.3) is 0 Å². The number of nitrogens with zero attached hydrogens (tertiary/aromatic N) is 3. The van der Waals surface area contributed by atoms with Gasteiger partial charge in [-0.15, -0.1) is 0 Å². The van der Waals surface area contributed by atoms with E-state index in [9.17, 15) is 4.39 Å². The van der Waals surface area contributed by atoms with Gasteiger partial charge in [-0.3, -0.25) is 4.98 Å². The van der Waals surface area contributed by atoms with Crippen LogP contribution in [-0.4, -0.2) is 15.0 Å². The van der Waals surface area contributed by atoms with E-state index in [0.29, 0.717) is 31.4 Å². The molecule has 0 amide bonds. The summed E-state index contributed by atoms with van der Waals surface area (Å²) in [6.07, 6.45) is 1.55. The summed E-state index contributed by atoms with van der Waals surface area (Å²) >= 11 is 6.50. The van der Waals surface area contributed by atoms with Crippen LogP contribution < -0.4 is 5.73 Å². The normalized spacial score (nSPS) is 10.9. The van der Waals surface area contributed by atoms with Crippen molar-refractivity contribution in [2.45, 2.75) is 0 Å². The summed E-state index contributed by atoms with van der Waals surface area (Å²) in [5.41, 5.74) is 7.12. The summed E-state index contributed by atoms with van der Waals surface area (Å²) in [6, 6.07) is 6.71. The number of rotatable bonds is 1. The second-order valence-electron chi connectivity index (χ2n) is 4.07. The number of fused-ring (bicyclic) bond motifs is 1. The molecule has 2 heterocycles. The van der Waals surface area contributed by atoms with Crippen LogP contribution in [0.3, 0.4) is 0 Å². The summed E-state index contributed by atoms with van der Waals surface area (Å²) < 4.78 is 15.0. The molecule has 2 N–H and O–H groups in total. The van der Waals surface area contributed by atoms with Gasteiger partial charge in [0.15, 0.2) is 5.82 Å². The molecule has 0 bridgehead atoms. The summed E-state index contributed by atoms with van der Waals surface area (Å²) in [5, 5.41) is 0.692. The van der Waals surface area contributed by atoms with Crippen LogP contribution in [0.25, 0.3) is 22.2 Å². The minimum atomic E-state index is -0.409. The van der Waals surface area contributed by atoms with Crippen LogP contribution in [0.1, 0.15) is 0 Å². The molecule has 0 aliphatic heterocycles. The van der Waals surface area contributed by atoms with Gasteiger partial charge >= 0.3 is 0 Å². The first-order valence-corrected chi connectivity index (χ1v) is 7.18. The minimum Gasteiger partial charge on any atom is -0.381 e. The molecule has 0 spiro atoms. The zero-order valence-corrected chi connectivity index (χ0v) is 13.1. The Morgan fingerprint density at radius 3 is 2.70 bits per heavy atom. The van der Waals surface area contributed by atoms with Gasteiger partial charge < -0.3 is 5.73 Å². The number of benzene rings is 1. The molecule has 3 rings (SSSR count). The summed E-state index contributed by atoms with van der Waals surface area (Å²) in [7, 11) is 0. The number of pyridine rings is 1. The molecule has 0 saturated carbocycles. The maximum absolute atomic E-state index is 14.1. The second-order valence-corrected chi connectivity index (χ2v) is 5.57. The van der Waals surface area contributed by atoms with Gasteiger partial charge in [0, 0.05) is 17.1 Å². The Bertz CT molecular complexity index is 823. The lowest BCUT2D eigenvalue weighted by Crippen LogP contribution is -1.98. The van der Waals surface area contributed by atoms with Crippen molar-refractivity contribution in [2.75, 3.05) is 5.73 Å². The molecule has 0 atom stereocenters. The van der Waals surface area contributed by atoms with Crippen molar-refractivity contribution in [2.24, 2.45) is 0 Å². The lowest BCUT2D eigenvalue weighted by molar-refractivity contribution is 0.637. The van der Waals surface area contributed by atoms with Crippen LogP contribution in [0, 0.1) is 5.82 Å². The van der Waals surface area contributed by atoms with Crippen LogP contribution >= 0.6 is 31.9 Å². The van der Waals surface area contributed by atoms with E-state index in [1.807, 2.05) is 0 Å². The molecule has 0 saturated heterocycles.